The van der Waals surface area contributed by atoms with Crippen molar-refractivity contribution in [2.45, 2.75) is 89.8 Å². The Balaban J connectivity index is 1.63. The number of hydrogen-bond acceptors (Lipinski definition) is 6. The molecule has 4 N–H and O–H groups in total. The Hall–Kier alpha value is -2.64. The van der Waals surface area contributed by atoms with E-state index in [9.17, 15) is 9.59 Å². The van der Waals surface area contributed by atoms with E-state index in [1.165, 1.54) is 0 Å². The van der Waals surface area contributed by atoms with Crippen LogP contribution in [0.5, 0.6) is 0 Å². The van der Waals surface area contributed by atoms with Crippen molar-refractivity contribution in [2.24, 2.45) is 0 Å². The lowest BCUT2D eigenvalue weighted by Crippen LogP contribution is -2.39. The monoisotopic (exact) mass is 412 g/mol. The van der Waals surface area contributed by atoms with Crippen LogP contribution < -0.4 is 21.9 Å². The number of fused-ring (bicyclic) bond motifs is 1. The molecule has 2 saturated carbocycles. The first kappa shape index (κ1) is 20.6. The van der Waals surface area contributed by atoms with E-state index in [2.05, 4.69) is 15.6 Å². The zero-order chi connectivity index (χ0) is 21.3. The first-order valence-electron chi connectivity index (χ1n) is 11.2. The van der Waals surface area contributed by atoms with Crippen LogP contribution in [0.25, 0.3) is 11.0 Å². The predicted molar refractivity (Wildman–Crippen MR) is 119 cm³/mol. The van der Waals surface area contributed by atoms with E-state index in [-0.39, 0.29) is 29.6 Å². The zero-order valence-electron chi connectivity index (χ0n) is 17.9. The molecular formula is C22H32N6O2. The van der Waals surface area contributed by atoms with Gasteiger partial charge in [0.15, 0.2) is 5.65 Å². The van der Waals surface area contributed by atoms with E-state index in [4.69, 9.17) is 10.7 Å². The minimum atomic E-state index is -0.00475. The molecular weight excluding hydrogens is 380 g/mol. The van der Waals surface area contributed by atoms with E-state index >= 15 is 0 Å². The standard InChI is InChI=1S/C22H32N6O2/c1-3-17-19(23)18-12-24-22(26-15-10-8-14(9-11-15)25-13(2)29)27-20(18)28(21(17)30)16-6-4-5-7-16/h12,14-16H,3-11,23H2,1-2H3,(H,25,29)(H,24,26,27). The third-order valence-corrected chi connectivity index (χ3v) is 6.60. The summed E-state index contributed by atoms with van der Waals surface area (Å²) < 4.78 is 1.87. The Kier molecular flexibility index (Phi) is 5.92. The molecule has 2 aliphatic carbocycles. The Morgan fingerprint density at radius 3 is 2.47 bits per heavy atom. The van der Waals surface area contributed by atoms with E-state index < -0.39 is 0 Å². The van der Waals surface area contributed by atoms with Crippen molar-refractivity contribution in [1.29, 1.82) is 0 Å². The maximum Gasteiger partial charge on any atom is 0.257 e. The molecule has 0 aromatic carbocycles. The molecule has 1 amide bonds. The van der Waals surface area contributed by atoms with Crippen LogP contribution in [-0.2, 0) is 11.2 Å². The predicted octanol–water partition coefficient (Wildman–Crippen LogP) is 2.91. The number of hydrogen-bond donors (Lipinski definition) is 3. The van der Waals surface area contributed by atoms with Gasteiger partial charge in [0.25, 0.3) is 5.56 Å². The second-order valence-corrected chi connectivity index (χ2v) is 8.68. The van der Waals surface area contributed by atoms with Gasteiger partial charge in [-0.2, -0.15) is 4.98 Å². The molecule has 4 rings (SSSR count). The Morgan fingerprint density at radius 1 is 1.17 bits per heavy atom. The summed E-state index contributed by atoms with van der Waals surface area (Å²) in [5.41, 5.74) is 8.15. The molecule has 2 aliphatic rings. The Morgan fingerprint density at radius 2 is 1.83 bits per heavy atom. The fourth-order valence-corrected chi connectivity index (χ4v) is 5.03. The average molecular weight is 413 g/mol. The maximum atomic E-state index is 13.2. The summed E-state index contributed by atoms with van der Waals surface area (Å²) in [6.45, 7) is 3.53. The Bertz CT molecular complexity index is 987. The van der Waals surface area contributed by atoms with Gasteiger partial charge < -0.3 is 16.4 Å². The van der Waals surface area contributed by atoms with Gasteiger partial charge in [0.1, 0.15) is 0 Å². The minimum Gasteiger partial charge on any atom is -0.398 e. The van der Waals surface area contributed by atoms with Crippen LogP contribution in [-0.4, -0.2) is 32.5 Å². The fourth-order valence-electron chi connectivity index (χ4n) is 5.03. The van der Waals surface area contributed by atoms with Crippen LogP contribution in [0.3, 0.4) is 0 Å². The van der Waals surface area contributed by atoms with Crippen LogP contribution in [0.2, 0.25) is 0 Å². The summed E-state index contributed by atoms with van der Waals surface area (Å²) in [6.07, 6.45) is 10.4. The van der Waals surface area contributed by atoms with E-state index in [0.29, 0.717) is 29.3 Å². The molecule has 2 aromatic rings. The maximum absolute atomic E-state index is 13.2. The lowest BCUT2D eigenvalue weighted by atomic mass is 9.91. The highest BCUT2D eigenvalue weighted by atomic mass is 16.1. The summed E-state index contributed by atoms with van der Waals surface area (Å²) in [7, 11) is 0. The van der Waals surface area contributed by atoms with Gasteiger partial charge in [-0.05, 0) is 44.9 Å². The number of rotatable bonds is 5. The molecule has 30 heavy (non-hydrogen) atoms. The number of carbonyl (C=O) groups is 1. The Labute approximate surface area is 176 Å². The van der Waals surface area contributed by atoms with Crippen LogP contribution in [0, 0.1) is 0 Å². The van der Waals surface area contributed by atoms with Crippen molar-refractivity contribution in [3.05, 3.63) is 22.1 Å². The quantitative estimate of drug-likeness (QED) is 0.696. The van der Waals surface area contributed by atoms with E-state index in [1.807, 2.05) is 11.5 Å². The van der Waals surface area contributed by atoms with Gasteiger partial charge in [-0.1, -0.05) is 19.8 Å². The number of carbonyl (C=O) groups excluding carboxylic acids is 1. The number of aromatic nitrogens is 3. The largest absolute Gasteiger partial charge is 0.398 e. The summed E-state index contributed by atoms with van der Waals surface area (Å²) in [5, 5.41) is 7.21. The van der Waals surface area contributed by atoms with Crippen molar-refractivity contribution in [3.63, 3.8) is 0 Å². The minimum absolute atomic E-state index is 0.00475. The zero-order valence-corrected chi connectivity index (χ0v) is 17.9. The smallest absolute Gasteiger partial charge is 0.257 e. The highest BCUT2D eigenvalue weighted by Gasteiger charge is 2.25. The summed E-state index contributed by atoms with van der Waals surface area (Å²) >= 11 is 0. The number of amides is 1. The number of anilines is 2. The van der Waals surface area contributed by atoms with E-state index in [1.54, 1.807) is 13.1 Å². The molecule has 0 saturated heterocycles. The summed E-state index contributed by atoms with van der Waals surface area (Å²) in [5.74, 6) is 0.568. The van der Waals surface area contributed by atoms with Crippen molar-refractivity contribution in [2.75, 3.05) is 11.1 Å². The van der Waals surface area contributed by atoms with Gasteiger partial charge in [-0.15, -0.1) is 0 Å². The average Bonchev–Trinajstić information content (AvgIpc) is 3.24. The topological polar surface area (TPSA) is 115 Å². The summed E-state index contributed by atoms with van der Waals surface area (Å²) in [4.78, 5) is 33.8. The van der Waals surface area contributed by atoms with Gasteiger partial charge >= 0.3 is 0 Å². The molecule has 2 aromatic heterocycles. The van der Waals surface area contributed by atoms with Gasteiger partial charge in [0.05, 0.1) is 11.1 Å². The number of nitrogens with one attached hydrogen (secondary N) is 2. The van der Waals surface area contributed by atoms with Crippen molar-refractivity contribution in [3.8, 4) is 0 Å². The molecule has 0 radical (unpaired) electrons. The van der Waals surface area contributed by atoms with Crippen LogP contribution in [0.1, 0.15) is 76.8 Å². The highest BCUT2D eigenvalue weighted by molar-refractivity contribution is 5.89. The summed E-state index contributed by atoms with van der Waals surface area (Å²) in [6, 6.07) is 0.686. The molecule has 0 bridgehead atoms. The van der Waals surface area contributed by atoms with Crippen molar-refractivity contribution >= 4 is 28.6 Å². The number of pyridine rings is 1. The van der Waals surface area contributed by atoms with Gasteiger partial charge in [0, 0.05) is 36.8 Å². The van der Waals surface area contributed by atoms with Crippen LogP contribution >= 0.6 is 0 Å². The molecule has 0 unspecified atom stereocenters. The second kappa shape index (κ2) is 8.62. The lowest BCUT2D eigenvalue weighted by Gasteiger charge is -2.29. The van der Waals surface area contributed by atoms with Gasteiger partial charge in [0.2, 0.25) is 11.9 Å². The van der Waals surface area contributed by atoms with Gasteiger partial charge in [-0.3, -0.25) is 14.2 Å². The molecule has 162 valence electrons. The van der Waals surface area contributed by atoms with Gasteiger partial charge in [-0.25, -0.2) is 4.98 Å². The third-order valence-electron chi connectivity index (χ3n) is 6.60. The van der Waals surface area contributed by atoms with E-state index in [0.717, 1.165) is 56.8 Å². The van der Waals surface area contributed by atoms with Crippen molar-refractivity contribution in [1.82, 2.24) is 19.9 Å². The highest BCUT2D eigenvalue weighted by Crippen LogP contribution is 2.32. The number of nitrogens with zero attached hydrogens (tertiary/aromatic N) is 3. The SMILES string of the molecule is CCc1c(N)c2cnc(NC3CCC(NC(C)=O)CC3)nc2n(C2CCCC2)c1=O. The number of nitrogens with two attached hydrogens (primary N) is 1. The second-order valence-electron chi connectivity index (χ2n) is 8.68. The van der Waals surface area contributed by atoms with Crippen molar-refractivity contribution < 1.29 is 4.79 Å². The molecule has 8 heteroatoms. The molecule has 0 atom stereocenters. The molecule has 8 nitrogen and oxygen atoms in total. The first-order chi connectivity index (χ1) is 14.5. The fraction of sp³-hybridized carbons (Fsp3) is 0.636. The van der Waals surface area contributed by atoms with Crippen LogP contribution in [0.4, 0.5) is 11.6 Å². The molecule has 2 fully saturated rings. The lowest BCUT2D eigenvalue weighted by molar-refractivity contribution is -0.119. The molecule has 0 spiro atoms. The van der Waals surface area contributed by atoms with Crippen LogP contribution in [0.15, 0.2) is 11.0 Å². The number of nitrogen functional groups attached to an aromatic ring is 1. The molecule has 0 aliphatic heterocycles. The molecule has 2 heterocycles. The third kappa shape index (κ3) is 4.00. The first-order valence-corrected chi connectivity index (χ1v) is 11.2. The normalized spacial score (nSPS) is 22.3.